The highest BCUT2D eigenvalue weighted by Crippen LogP contribution is 2.18. The van der Waals surface area contributed by atoms with Crippen LogP contribution < -0.4 is 5.32 Å². The summed E-state index contributed by atoms with van der Waals surface area (Å²) in [4.78, 5) is 23.4. The Kier molecular flexibility index (Phi) is 4.80. The van der Waals surface area contributed by atoms with Crippen molar-refractivity contribution in [2.24, 2.45) is 0 Å². The summed E-state index contributed by atoms with van der Waals surface area (Å²) in [5, 5.41) is 15.9. The Labute approximate surface area is 133 Å². The molecular formula is C16H19N3O4. The molecule has 0 fully saturated rings. The minimum Gasteiger partial charge on any atom is -0.479 e. The highest BCUT2D eigenvalue weighted by molar-refractivity contribution is 6.04. The largest absolute Gasteiger partial charge is 0.479 e. The van der Waals surface area contributed by atoms with Gasteiger partial charge in [0.25, 0.3) is 5.91 Å². The molecular weight excluding hydrogens is 298 g/mol. The average Bonchev–Trinajstić information content (AvgIpc) is 2.97. The van der Waals surface area contributed by atoms with Crippen LogP contribution in [0.25, 0.3) is 0 Å². The fourth-order valence-corrected chi connectivity index (χ4v) is 1.91. The zero-order valence-corrected chi connectivity index (χ0v) is 13.2. The second kappa shape index (κ2) is 6.62. The van der Waals surface area contributed by atoms with Gasteiger partial charge in [0.05, 0.1) is 18.5 Å². The van der Waals surface area contributed by atoms with Gasteiger partial charge in [0.15, 0.2) is 5.54 Å². The Morgan fingerprint density at radius 1 is 1.30 bits per heavy atom. The van der Waals surface area contributed by atoms with Crippen LogP contribution in [0.1, 0.15) is 29.8 Å². The lowest BCUT2D eigenvalue weighted by molar-refractivity contribution is -0.146. The Bertz CT molecular complexity index is 704. The number of carbonyl (C=O) groups excluding carboxylic acids is 1. The predicted octanol–water partition coefficient (Wildman–Crippen LogP) is 2.10. The van der Waals surface area contributed by atoms with Gasteiger partial charge < -0.3 is 15.2 Å². The smallest absolute Gasteiger partial charge is 0.331 e. The van der Waals surface area contributed by atoms with Gasteiger partial charge in [-0.25, -0.2) is 4.79 Å². The summed E-state index contributed by atoms with van der Waals surface area (Å²) in [6.07, 6.45) is 2.91. The summed E-state index contributed by atoms with van der Waals surface area (Å²) in [6.45, 7) is 3.55. The number of carboxylic acid groups (broad SMARTS) is 1. The molecule has 2 N–H and O–H groups in total. The number of hydrogen-bond acceptors (Lipinski definition) is 4. The second-order valence-electron chi connectivity index (χ2n) is 5.62. The highest BCUT2D eigenvalue weighted by Gasteiger charge is 2.30. The lowest BCUT2D eigenvalue weighted by Crippen LogP contribution is -2.35. The number of carbonyl (C=O) groups is 2. The van der Waals surface area contributed by atoms with Gasteiger partial charge in [0.1, 0.15) is 0 Å². The van der Waals surface area contributed by atoms with E-state index in [0.29, 0.717) is 17.9 Å². The standard InChI is InChI=1S/C16H19N3O4/c1-16(2,15(21)22)19-9-13(8-17-19)18-14(20)12-6-4-11(5-7-12)10-23-3/h4-9H,10H2,1-3H3,(H,18,20)(H,21,22). The third-order valence-corrected chi connectivity index (χ3v) is 3.46. The number of aromatic nitrogens is 2. The fraction of sp³-hybridized carbons (Fsp3) is 0.312. The monoisotopic (exact) mass is 317 g/mol. The van der Waals surface area contributed by atoms with Crippen LogP contribution in [0.15, 0.2) is 36.7 Å². The Morgan fingerprint density at radius 3 is 2.52 bits per heavy atom. The van der Waals surface area contributed by atoms with Crippen LogP contribution in [0.2, 0.25) is 0 Å². The number of ether oxygens (including phenoxy) is 1. The van der Waals surface area contributed by atoms with Gasteiger partial charge in [0, 0.05) is 18.9 Å². The van der Waals surface area contributed by atoms with Crippen molar-refractivity contribution in [1.29, 1.82) is 0 Å². The van der Waals surface area contributed by atoms with E-state index in [1.807, 2.05) is 12.1 Å². The first-order chi connectivity index (χ1) is 10.8. The molecule has 0 aliphatic carbocycles. The minimum absolute atomic E-state index is 0.290. The van der Waals surface area contributed by atoms with Crippen LogP contribution in [0.5, 0.6) is 0 Å². The van der Waals surface area contributed by atoms with Crippen LogP contribution in [-0.4, -0.2) is 33.9 Å². The van der Waals surface area contributed by atoms with Crippen LogP contribution in [0.3, 0.4) is 0 Å². The topological polar surface area (TPSA) is 93.5 Å². The van der Waals surface area contributed by atoms with E-state index in [0.717, 1.165) is 5.56 Å². The van der Waals surface area contributed by atoms with E-state index in [1.54, 1.807) is 19.2 Å². The quantitative estimate of drug-likeness (QED) is 0.851. The van der Waals surface area contributed by atoms with Crippen LogP contribution in [0.4, 0.5) is 5.69 Å². The summed E-state index contributed by atoms with van der Waals surface area (Å²) in [5.74, 6) is -1.30. The van der Waals surface area contributed by atoms with E-state index in [9.17, 15) is 14.7 Å². The maximum atomic E-state index is 12.2. The Balaban J connectivity index is 2.09. The van der Waals surface area contributed by atoms with Crippen LogP contribution in [-0.2, 0) is 21.7 Å². The number of amides is 1. The van der Waals surface area contributed by atoms with E-state index < -0.39 is 11.5 Å². The number of rotatable bonds is 6. The number of nitrogens with one attached hydrogen (secondary N) is 1. The molecule has 23 heavy (non-hydrogen) atoms. The first-order valence-corrected chi connectivity index (χ1v) is 7.02. The third-order valence-electron chi connectivity index (χ3n) is 3.46. The number of methoxy groups -OCH3 is 1. The molecule has 1 amide bonds. The molecule has 1 aromatic heterocycles. The third kappa shape index (κ3) is 3.75. The molecule has 0 saturated heterocycles. The molecule has 0 aliphatic rings. The van der Waals surface area contributed by atoms with E-state index in [2.05, 4.69) is 10.4 Å². The zero-order chi connectivity index (χ0) is 17.0. The summed E-state index contributed by atoms with van der Waals surface area (Å²) in [7, 11) is 1.61. The number of hydrogen-bond donors (Lipinski definition) is 2. The van der Waals surface area contributed by atoms with Crippen molar-refractivity contribution in [3.05, 3.63) is 47.8 Å². The average molecular weight is 317 g/mol. The molecule has 0 unspecified atom stereocenters. The van der Waals surface area contributed by atoms with Crippen molar-refractivity contribution in [1.82, 2.24) is 9.78 Å². The van der Waals surface area contributed by atoms with Crippen molar-refractivity contribution in [2.75, 3.05) is 12.4 Å². The van der Waals surface area contributed by atoms with Gasteiger partial charge in [-0.2, -0.15) is 5.10 Å². The SMILES string of the molecule is COCc1ccc(C(=O)Nc2cnn(C(C)(C)C(=O)O)c2)cc1. The summed E-state index contributed by atoms with van der Waals surface area (Å²) >= 11 is 0. The Morgan fingerprint density at radius 2 is 1.96 bits per heavy atom. The van der Waals surface area contributed by atoms with Crippen molar-refractivity contribution >= 4 is 17.6 Å². The molecule has 0 aliphatic heterocycles. The van der Waals surface area contributed by atoms with E-state index in [4.69, 9.17) is 4.74 Å². The lowest BCUT2D eigenvalue weighted by atomic mass is 10.1. The van der Waals surface area contributed by atoms with Gasteiger partial charge in [-0.3, -0.25) is 9.48 Å². The maximum absolute atomic E-state index is 12.2. The summed E-state index contributed by atoms with van der Waals surface area (Å²) in [5.41, 5.74) is 0.714. The molecule has 2 rings (SSSR count). The molecule has 7 nitrogen and oxygen atoms in total. The van der Waals surface area contributed by atoms with Gasteiger partial charge in [-0.15, -0.1) is 0 Å². The van der Waals surface area contributed by atoms with Gasteiger partial charge in [-0.1, -0.05) is 12.1 Å². The molecule has 1 aromatic carbocycles. The van der Waals surface area contributed by atoms with E-state index in [-0.39, 0.29) is 5.91 Å². The molecule has 0 saturated carbocycles. The molecule has 122 valence electrons. The highest BCUT2D eigenvalue weighted by atomic mass is 16.5. The van der Waals surface area contributed by atoms with Crippen LogP contribution >= 0.6 is 0 Å². The number of aliphatic carboxylic acids is 1. The van der Waals surface area contributed by atoms with Gasteiger partial charge in [0.2, 0.25) is 0 Å². The molecule has 7 heteroatoms. The number of benzene rings is 1. The van der Waals surface area contributed by atoms with Crippen molar-refractivity contribution in [3.63, 3.8) is 0 Å². The lowest BCUT2D eigenvalue weighted by Gasteiger charge is -2.19. The number of nitrogens with zero attached hydrogens (tertiary/aromatic N) is 2. The zero-order valence-electron chi connectivity index (χ0n) is 13.2. The van der Waals surface area contributed by atoms with Gasteiger partial charge >= 0.3 is 5.97 Å². The van der Waals surface area contributed by atoms with Crippen molar-refractivity contribution < 1.29 is 19.4 Å². The molecule has 0 radical (unpaired) electrons. The number of anilines is 1. The maximum Gasteiger partial charge on any atom is 0.331 e. The van der Waals surface area contributed by atoms with Gasteiger partial charge in [-0.05, 0) is 31.5 Å². The first kappa shape index (κ1) is 16.7. The predicted molar refractivity (Wildman–Crippen MR) is 84.3 cm³/mol. The van der Waals surface area contributed by atoms with Crippen molar-refractivity contribution in [3.8, 4) is 0 Å². The molecule has 2 aromatic rings. The summed E-state index contributed by atoms with van der Waals surface area (Å²) < 4.78 is 6.32. The van der Waals surface area contributed by atoms with Crippen molar-refractivity contribution in [2.45, 2.75) is 26.0 Å². The molecule has 0 bridgehead atoms. The normalized spacial score (nSPS) is 11.3. The second-order valence-corrected chi connectivity index (χ2v) is 5.62. The van der Waals surface area contributed by atoms with E-state index in [1.165, 1.54) is 30.9 Å². The summed E-state index contributed by atoms with van der Waals surface area (Å²) in [6, 6.07) is 7.04. The van der Waals surface area contributed by atoms with Crippen LogP contribution in [0, 0.1) is 0 Å². The molecule has 0 spiro atoms. The molecule has 1 heterocycles. The Hall–Kier alpha value is -2.67. The minimum atomic E-state index is -1.19. The fourth-order valence-electron chi connectivity index (χ4n) is 1.91. The first-order valence-electron chi connectivity index (χ1n) is 7.02. The van der Waals surface area contributed by atoms with E-state index >= 15 is 0 Å². The number of carboxylic acids is 1. The molecule has 0 atom stereocenters.